The van der Waals surface area contributed by atoms with Gasteiger partial charge in [-0.25, -0.2) is 9.67 Å². The third kappa shape index (κ3) is 3.74. The molecule has 142 valence electrons. The molecule has 4 rings (SSSR count). The van der Waals surface area contributed by atoms with Crippen molar-refractivity contribution in [3.8, 4) is 11.3 Å². The number of anilines is 1. The molecule has 1 aromatic carbocycles. The van der Waals surface area contributed by atoms with Gasteiger partial charge in [0.15, 0.2) is 6.29 Å². The zero-order valence-corrected chi connectivity index (χ0v) is 15.2. The maximum Gasteiger partial charge on any atom is 0.277 e. The van der Waals surface area contributed by atoms with Crippen LogP contribution in [0.5, 0.6) is 0 Å². The summed E-state index contributed by atoms with van der Waals surface area (Å²) in [5.41, 5.74) is 1.75. The van der Waals surface area contributed by atoms with Crippen molar-refractivity contribution in [2.24, 2.45) is 0 Å². The van der Waals surface area contributed by atoms with E-state index in [0.717, 1.165) is 5.56 Å². The minimum atomic E-state index is -0.578. The normalized spacial score (nSPS) is 19.1. The molecule has 1 aliphatic rings. The molecule has 2 atom stereocenters. The fraction of sp³-hybridized carbons (Fsp3) is 0.211. The van der Waals surface area contributed by atoms with Gasteiger partial charge in [0.1, 0.15) is 11.5 Å². The first kappa shape index (κ1) is 17.8. The molecular weight excluding hydrogens is 358 g/mol. The van der Waals surface area contributed by atoms with Gasteiger partial charge in [0, 0.05) is 36.5 Å². The summed E-state index contributed by atoms with van der Waals surface area (Å²) < 4.78 is 1.56. The van der Waals surface area contributed by atoms with E-state index in [1.54, 1.807) is 10.7 Å². The topological polar surface area (TPSA) is 114 Å². The second-order valence-electron chi connectivity index (χ2n) is 6.51. The molecule has 9 nitrogen and oxygen atoms in total. The monoisotopic (exact) mass is 377 g/mol. The maximum absolute atomic E-state index is 12.6. The van der Waals surface area contributed by atoms with E-state index >= 15 is 0 Å². The average molecular weight is 377 g/mol. The lowest BCUT2D eigenvalue weighted by molar-refractivity contribution is -0.125. The Morgan fingerprint density at radius 1 is 1.25 bits per heavy atom. The van der Waals surface area contributed by atoms with Crippen LogP contribution >= 0.6 is 0 Å². The quantitative estimate of drug-likeness (QED) is 0.636. The van der Waals surface area contributed by atoms with Crippen LogP contribution in [0.1, 0.15) is 30.1 Å². The summed E-state index contributed by atoms with van der Waals surface area (Å²) in [6.07, 6.45) is 4.14. The van der Waals surface area contributed by atoms with Gasteiger partial charge >= 0.3 is 0 Å². The van der Waals surface area contributed by atoms with Crippen LogP contribution < -0.4 is 16.0 Å². The number of carbonyl (C=O) groups is 2. The van der Waals surface area contributed by atoms with E-state index in [-0.39, 0.29) is 17.6 Å². The van der Waals surface area contributed by atoms with Crippen molar-refractivity contribution in [1.82, 2.24) is 30.4 Å². The second-order valence-corrected chi connectivity index (χ2v) is 6.51. The molecule has 0 saturated carbocycles. The Labute approximate surface area is 161 Å². The van der Waals surface area contributed by atoms with Crippen molar-refractivity contribution >= 4 is 17.6 Å². The number of rotatable bonds is 4. The van der Waals surface area contributed by atoms with E-state index < -0.39 is 12.2 Å². The van der Waals surface area contributed by atoms with Gasteiger partial charge in [-0.3, -0.25) is 19.9 Å². The SMILES string of the molecule is CC1CC(=O)NC(n2nc(-c3ccccc3)cc2NC(=O)c2cnccn2)N1. The predicted octanol–water partition coefficient (Wildman–Crippen LogP) is 1.55. The third-order valence-electron chi connectivity index (χ3n) is 4.32. The number of aromatic nitrogens is 4. The lowest BCUT2D eigenvalue weighted by Gasteiger charge is -2.30. The number of carbonyl (C=O) groups excluding carboxylic acids is 2. The van der Waals surface area contributed by atoms with Gasteiger partial charge in [0.05, 0.1) is 11.9 Å². The van der Waals surface area contributed by atoms with Crippen molar-refractivity contribution in [2.45, 2.75) is 25.7 Å². The number of benzene rings is 1. The Hall–Kier alpha value is -3.59. The molecule has 3 N–H and O–H groups in total. The third-order valence-corrected chi connectivity index (χ3v) is 4.32. The van der Waals surface area contributed by atoms with Gasteiger partial charge in [-0.1, -0.05) is 30.3 Å². The summed E-state index contributed by atoms with van der Waals surface area (Å²) in [4.78, 5) is 32.5. The molecule has 9 heteroatoms. The van der Waals surface area contributed by atoms with E-state index in [4.69, 9.17) is 0 Å². The molecule has 2 aromatic heterocycles. The smallest absolute Gasteiger partial charge is 0.277 e. The van der Waals surface area contributed by atoms with Crippen LogP contribution in [0.4, 0.5) is 5.82 Å². The van der Waals surface area contributed by atoms with E-state index in [9.17, 15) is 9.59 Å². The predicted molar refractivity (Wildman–Crippen MR) is 102 cm³/mol. The molecule has 1 fully saturated rings. The largest absolute Gasteiger partial charge is 0.322 e. The van der Waals surface area contributed by atoms with Gasteiger partial charge in [0.2, 0.25) is 5.91 Å². The maximum atomic E-state index is 12.6. The average Bonchev–Trinajstić information content (AvgIpc) is 3.12. The first-order valence-electron chi connectivity index (χ1n) is 8.88. The van der Waals surface area contributed by atoms with E-state index in [1.165, 1.54) is 18.6 Å². The molecule has 1 aliphatic heterocycles. The lowest BCUT2D eigenvalue weighted by atomic mass is 10.1. The highest BCUT2D eigenvalue weighted by Gasteiger charge is 2.27. The first-order valence-corrected chi connectivity index (χ1v) is 8.88. The van der Waals surface area contributed by atoms with Gasteiger partial charge < -0.3 is 10.6 Å². The van der Waals surface area contributed by atoms with Crippen molar-refractivity contribution in [2.75, 3.05) is 5.32 Å². The van der Waals surface area contributed by atoms with E-state index in [2.05, 4.69) is 31.0 Å². The number of amides is 2. The van der Waals surface area contributed by atoms with Crippen LogP contribution in [0.3, 0.4) is 0 Å². The van der Waals surface area contributed by atoms with Crippen LogP contribution in [0.25, 0.3) is 11.3 Å². The zero-order chi connectivity index (χ0) is 19.5. The molecule has 1 saturated heterocycles. The Morgan fingerprint density at radius 2 is 2.07 bits per heavy atom. The van der Waals surface area contributed by atoms with Gasteiger partial charge in [0.25, 0.3) is 5.91 Å². The van der Waals surface area contributed by atoms with Crippen molar-refractivity contribution in [3.63, 3.8) is 0 Å². The van der Waals surface area contributed by atoms with E-state index in [1.807, 2.05) is 37.3 Å². The summed E-state index contributed by atoms with van der Waals surface area (Å²) in [5.74, 6) is -0.0651. The van der Waals surface area contributed by atoms with Crippen molar-refractivity contribution in [3.05, 3.63) is 60.7 Å². The molecule has 2 amide bonds. The minimum Gasteiger partial charge on any atom is -0.322 e. The number of hydrogen-bond acceptors (Lipinski definition) is 6. The number of hydrogen-bond donors (Lipinski definition) is 3. The summed E-state index contributed by atoms with van der Waals surface area (Å²) in [6.45, 7) is 1.92. The molecule has 0 aliphatic carbocycles. The molecule has 28 heavy (non-hydrogen) atoms. The van der Waals surface area contributed by atoms with Gasteiger partial charge in [-0.05, 0) is 6.92 Å². The first-order chi connectivity index (χ1) is 13.6. The summed E-state index contributed by atoms with van der Waals surface area (Å²) in [5, 5.41) is 13.5. The molecule has 0 spiro atoms. The zero-order valence-electron chi connectivity index (χ0n) is 15.2. The highest BCUT2D eigenvalue weighted by atomic mass is 16.2. The summed E-state index contributed by atoms with van der Waals surface area (Å²) >= 11 is 0. The van der Waals surface area contributed by atoms with Crippen molar-refractivity contribution < 1.29 is 9.59 Å². The molecular formula is C19H19N7O2. The Bertz CT molecular complexity index is 988. The van der Waals surface area contributed by atoms with Crippen LogP contribution in [-0.2, 0) is 4.79 Å². The molecule has 3 aromatic rings. The van der Waals surface area contributed by atoms with Crippen LogP contribution in [0, 0.1) is 0 Å². The Balaban J connectivity index is 1.70. The summed E-state index contributed by atoms with van der Waals surface area (Å²) in [6, 6.07) is 11.3. The van der Waals surface area contributed by atoms with Crippen LogP contribution in [0.2, 0.25) is 0 Å². The fourth-order valence-electron chi connectivity index (χ4n) is 3.02. The highest BCUT2D eigenvalue weighted by molar-refractivity contribution is 6.02. The Morgan fingerprint density at radius 3 is 2.79 bits per heavy atom. The van der Waals surface area contributed by atoms with Gasteiger partial charge in [-0.2, -0.15) is 5.10 Å². The molecule has 2 unspecified atom stereocenters. The minimum absolute atomic E-state index is 0.0216. The fourth-order valence-corrected chi connectivity index (χ4v) is 3.02. The second kappa shape index (κ2) is 7.57. The van der Waals surface area contributed by atoms with Crippen molar-refractivity contribution in [1.29, 1.82) is 0 Å². The number of nitrogens with one attached hydrogen (secondary N) is 3. The van der Waals surface area contributed by atoms with E-state index in [0.29, 0.717) is 17.9 Å². The lowest BCUT2D eigenvalue weighted by Crippen LogP contribution is -2.52. The Kier molecular flexibility index (Phi) is 4.81. The van der Waals surface area contributed by atoms with Gasteiger partial charge in [-0.15, -0.1) is 0 Å². The molecule has 3 heterocycles. The molecule has 0 bridgehead atoms. The molecule has 0 radical (unpaired) electrons. The standard InChI is InChI=1S/C19H19N7O2/c1-12-9-17(27)24-19(22-12)26-16(23-18(28)15-11-20-7-8-21-15)10-14(25-26)13-5-3-2-4-6-13/h2-8,10-12,19,22H,9H2,1H3,(H,23,28)(H,24,27). The highest BCUT2D eigenvalue weighted by Crippen LogP contribution is 2.24. The van der Waals surface area contributed by atoms with Crippen LogP contribution in [0.15, 0.2) is 55.0 Å². The summed E-state index contributed by atoms with van der Waals surface area (Å²) in [7, 11) is 0. The van der Waals surface area contributed by atoms with Crippen LogP contribution in [-0.4, -0.2) is 37.6 Å². The number of nitrogens with zero attached hydrogens (tertiary/aromatic N) is 4.